The van der Waals surface area contributed by atoms with Crippen LogP contribution in [0.5, 0.6) is 0 Å². The monoisotopic (exact) mass is 250 g/mol. The topological polar surface area (TPSA) is 52.1 Å². The quantitative estimate of drug-likeness (QED) is 0.545. The number of aromatic nitrogens is 2. The lowest BCUT2D eigenvalue weighted by Crippen LogP contribution is -1.84. The molecule has 0 saturated heterocycles. The molecule has 2 aromatic heterocycles. The molecule has 19 heavy (non-hydrogen) atoms. The summed E-state index contributed by atoms with van der Waals surface area (Å²) >= 11 is 0. The van der Waals surface area contributed by atoms with Crippen LogP contribution in [0, 0.1) is 0 Å². The fourth-order valence-corrected chi connectivity index (χ4v) is 2.29. The van der Waals surface area contributed by atoms with E-state index in [1.54, 1.807) is 0 Å². The van der Waals surface area contributed by atoms with Crippen molar-refractivity contribution in [3.05, 3.63) is 60.1 Å². The van der Waals surface area contributed by atoms with Crippen molar-refractivity contribution >= 4 is 21.8 Å². The van der Waals surface area contributed by atoms with Crippen molar-refractivity contribution < 1.29 is 9.05 Å². The smallest absolute Gasteiger partial charge is 0.152 e. The maximum absolute atomic E-state index is 5.40. The molecular weight excluding hydrogens is 240 g/mol. The molecule has 0 fully saturated rings. The summed E-state index contributed by atoms with van der Waals surface area (Å²) in [4.78, 5) is 0. The Morgan fingerprint density at radius 2 is 1.16 bits per heavy atom. The highest BCUT2D eigenvalue weighted by Gasteiger charge is 2.14. The van der Waals surface area contributed by atoms with Gasteiger partial charge in [0.15, 0.2) is 11.5 Å². The molecule has 4 rings (SSSR count). The van der Waals surface area contributed by atoms with Crippen molar-refractivity contribution in [3.63, 3.8) is 0 Å². The first-order valence-corrected chi connectivity index (χ1v) is 6.08. The summed E-state index contributed by atoms with van der Waals surface area (Å²) in [5, 5.41) is 10.1. The third-order valence-corrected chi connectivity index (χ3v) is 3.24. The molecule has 0 radical (unpaired) electrons. The molecular formula is C15H10N2O2. The fraction of sp³-hybridized carbons (Fsp3) is 0.0667. The van der Waals surface area contributed by atoms with Gasteiger partial charge in [0.25, 0.3) is 0 Å². The van der Waals surface area contributed by atoms with E-state index in [1.807, 2.05) is 48.5 Å². The van der Waals surface area contributed by atoms with Gasteiger partial charge in [0.2, 0.25) is 0 Å². The molecule has 2 aromatic carbocycles. The Balaban J connectivity index is 1.82. The van der Waals surface area contributed by atoms with Crippen molar-refractivity contribution in [1.82, 2.24) is 10.3 Å². The van der Waals surface area contributed by atoms with Gasteiger partial charge in [0.1, 0.15) is 11.0 Å². The van der Waals surface area contributed by atoms with Gasteiger partial charge in [-0.2, -0.15) is 0 Å². The second-order valence-corrected chi connectivity index (χ2v) is 4.42. The number of hydrogen-bond acceptors (Lipinski definition) is 4. The maximum Gasteiger partial charge on any atom is 0.152 e. The molecule has 0 aliphatic rings. The zero-order valence-electron chi connectivity index (χ0n) is 10.0. The van der Waals surface area contributed by atoms with Crippen LogP contribution in [0.25, 0.3) is 21.8 Å². The largest absolute Gasteiger partial charge is 0.360 e. The van der Waals surface area contributed by atoms with Crippen LogP contribution in [0.4, 0.5) is 0 Å². The molecule has 0 spiro atoms. The molecule has 0 amide bonds. The number of hydrogen-bond donors (Lipinski definition) is 0. The van der Waals surface area contributed by atoms with Crippen LogP contribution in [0.2, 0.25) is 0 Å². The van der Waals surface area contributed by atoms with Crippen LogP contribution < -0.4 is 0 Å². The highest BCUT2D eigenvalue weighted by molar-refractivity contribution is 5.83. The van der Waals surface area contributed by atoms with Gasteiger partial charge in [-0.15, -0.1) is 0 Å². The highest BCUT2D eigenvalue weighted by atomic mass is 16.5. The fourth-order valence-electron chi connectivity index (χ4n) is 2.29. The molecule has 0 aliphatic heterocycles. The lowest BCUT2D eigenvalue weighted by Gasteiger charge is -1.93. The van der Waals surface area contributed by atoms with Crippen LogP contribution in [-0.2, 0) is 6.42 Å². The molecule has 4 nitrogen and oxygen atoms in total. The van der Waals surface area contributed by atoms with E-state index < -0.39 is 0 Å². The van der Waals surface area contributed by atoms with Crippen molar-refractivity contribution in [2.45, 2.75) is 6.42 Å². The van der Waals surface area contributed by atoms with E-state index in [2.05, 4.69) is 10.3 Å². The van der Waals surface area contributed by atoms with Gasteiger partial charge in [0, 0.05) is 10.8 Å². The lowest BCUT2D eigenvalue weighted by atomic mass is 10.1. The van der Waals surface area contributed by atoms with E-state index in [0.717, 1.165) is 33.3 Å². The van der Waals surface area contributed by atoms with E-state index in [1.165, 1.54) is 0 Å². The predicted octanol–water partition coefficient (Wildman–Crippen LogP) is 3.56. The molecule has 92 valence electrons. The average Bonchev–Trinajstić information content (AvgIpc) is 3.05. The first-order chi connectivity index (χ1) is 9.42. The number of benzene rings is 2. The van der Waals surface area contributed by atoms with Crippen LogP contribution in [0.3, 0.4) is 0 Å². The minimum absolute atomic E-state index is 0.557. The molecule has 0 saturated carbocycles. The summed E-state index contributed by atoms with van der Waals surface area (Å²) < 4.78 is 10.8. The van der Waals surface area contributed by atoms with E-state index in [4.69, 9.17) is 9.05 Å². The molecule has 4 aromatic rings. The predicted molar refractivity (Wildman–Crippen MR) is 70.8 cm³/mol. The standard InChI is InChI=1S/C15H10N2O2/c1-3-7-12-10(5-1)14(18-16-12)9-15-11-6-2-4-8-13(11)17-19-15/h1-8H,9H2. The Labute approximate surface area is 108 Å². The number of nitrogens with zero attached hydrogens (tertiary/aromatic N) is 2. The van der Waals surface area contributed by atoms with Crippen LogP contribution in [0.15, 0.2) is 57.6 Å². The van der Waals surface area contributed by atoms with Crippen molar-refractivity contribution in [3.8, 4) is 0 Å². The van der Waals surface area contributed by atoms with Gasteiger partial charge >= 0.3 is 0 Å². The van der Waals surface area contributed by atoms with Crippen LogP contribution >= 0.6 is 0 Å². The molecule has 4 heteroatoms. The first-order valence-electron chi connectivity index (χ1n) is 6.08. The Morgan fingerprint density at radius 1 is 0.684 bits per heavy atom. The normalized spacial score (nSPS) is 11.4. The Morgan fingerprint density at radius 3 is 1.68 bits per heavy atom. The maximum atomic E-state index is 5.40. The van der Waals surface area contributed by atoms with Crippen molar-refractivity contribution in [2.75, 3.05) is 0 Å². The zero-order valence-corrected chi connectivity index (χ0v) is 10.0. The SMILES string of the molecule is c1ccc2c(Cc3onc4ccccc34)onc2c1. The van der Waals surface area contributed by atoms with Crippen LogP contribution in [-0.4, -0.2) is 10.3 Å². The van der Waals surface area contributed by atoms with Gasteiger partial charge in [-0.3, -0.25) is 0 Å². The Hall–Kier alpha value is -2.62. The summed E-state index contributed by atoms with van der Waals surface area (Å²) in [6, 6.07) is 15.7. The summed E-state index contributed by atoms with van der Waals surface area (Å²) in [7, 11) is 0. The second kappa shape index (κ2) is 3.95. The molecule has 0 bridgehead atoms. The second-order valence-electron chi connectivity index (χ2n) is 4.42. The van der Waals surface area contributed by atoms with Gasteiger partial charge < -0.3 is 9.05 Å². The van der Waals surface area contributed by atoms with Crippen molar-refractivity contribution in [2.24, 2.45) is 0 Å². The van der Waals surface area contributed by atoms with E-state index in [9.17, 15) is 0 Å². The Kier molecular flexibility index (Phi) is 2.14. The van der Waals surface area contributed by atoms with Crippen LogP contribution in [0.1, 0.15) is 11.5 Å². The summed E-state index contributed by atoms with van der Waals surface area (Å²) in [5.74, 6) is 1.61. The molecule has 0 aliphatic carbocycles. The van der Waals surface area contributed by atoms with Gasteiger partial charge in [-0.1, -0.05) is 34.6 Å². The van der Waals surface area contributed by atoms with E-state index in [0.29, 0.717) is 6.42 Å². The lowest BCUT2D eigenvalue weighted by molar-refractivity contribution is 0.363. The van der Waals surface area contributed by atoms with Gasteiger partial charge in [0.05, 0.1) is 6.42 Å². The molecule has 0 N–H and O–H groups in total. The summed E-state index contributed by atoms with van der Waals surface area (Å²) in [5.41, 5.74) is 1.72. The summed E-state index contributed by atoms with van der Waals surface area (Å²) in [6.07, 6.45) is 0.557. The van der Waals surface area contributed by atoms with E-state index >= 15 is 0 Å². The first kappa shape index (κ1) is 10.3. The highest BCUT2D eigenvalue weighted by Crippen LogP contribution is 2.24. The zero-order chi connectivity index (χ0) is 12.7. The molecule has 2 heterocycles. The van der Waals surface area contributed by atoms with Gasteiger partial charge in [-0.25, -0.2) is 0 Å². The summed E-state index contributed by atoms with van der Waals surface area (Å²) in [6.45, 7) is 0. The number of fused-ring (bicyclic) bond motifs is 2. The average molecular weight is 250 g/mol. The Bertz CT molecular complexity index is 788. The van der Waals surface area contributed by atoms with Gasteiger partial charge in [-0.05, 0) is 24.3 Å². The third kappa shape index (κ3) is 1.61. The minimum atomic E-state index is 0.557. The minimum Gasteiger partial charge on any atom is -0.360 e. The van der Waals surface area contributed by atoms with E-state index in [-0.39, 0.29) is 0 Å². The number of rotatable bonds is 2. The third-order valence-electron chi connectivity index (χ3n) is 3.24. The molecule has 0 unspecified atom stereocenters. The van der Waals surface area contributed by atoms with Crippen molar-refractivity contribution in [1.29, 1.82) is 0 Å². The molecule has 0 atom stereocenters.